The van der Waals surface area contributed by atoms with E-state index in [0.29, 0.717) is 0 Å². The topological polar surface area (TPSA) is 30.2 Å². The van der Waals surface area contributed by atoms with Gasteiger partial charge in [0.15, 0.2) is 11.5 Å². The summed E-state index contributed by atoms with van der Waals surface area (Å²) in [5.41, 5.74) is 3.11. The summed E-state index contributed by atoms with van der Waals surface area (Å²) in [6.07, 6.45) is 3.47. The molecule has 96 valence electrons. The maximum atomic E-state index is 12.8. The molecule has 0 amide bonds. The molecule has 0 saturated carbocycles. The van der Waals surface area contributed by atoms with Crippen LogP contribution >= 0.6 is 0 Å². The molecule has 0 aliphatic rings. The summed E-state index contributed by atoms with van der Waals surface area (Å²) >= 11 is 0. The van der Waals surface area contributed by atoms with Gasteiger partial charge in [-0.05, 0) is 42.7 Å². The van der Waals surface area contributed by atoms with E-state index in [1.165, 1.54) is 12.1 Å². The van der Waals surface area contributed by atoms with Gasteiger partial charge in [-0.3, -0.25) is 0 Å². The minimum absolute atomic E-state index is 0.203. The molecule has 0 spiro atoms. The summed E-state index contributed by atoms with van der Waals surface area (Å²) in [6, 6.07) is 10.6. The summed E-state index contributed by atoms with van der Waals surface area (Å²) in [5, 5.41) is 4.44. The van der Waals surface area contributed by atoms with Gasteiger partial charge < -0.3 is 0 Å². The third-order valence-corrected chi connectivity index (χ3v) is 3.15. The second-order valence-electron chi connectivity index (χ2n) is 4.61. The number of aromatic nitrogens is 3. The molecule has 0 radical (unpaired) electrons. The van der Waals surface area contributed by atoms with Gasteiger partial charge in [-0.1, -0.05) is 18.2 Å². The number of aryl methyl sites for hydroxylation is 3. The van der Waals surface area contributed by atoms with Crippen molar-refractivity contribution >= 4 is 5.65 Å². The number of nitrogens with zero attached hydrogens (tertiary/aromatic N) is 3. The van der Waals surface area contributed by atoms with E-state index in [1.54, 1.807) is 16.6 Å². The Morgan fingerprint density at radius 1 is 1.11 bits per heavy atom. The molecule has 0 aliphatic carbocycles. The first-order valence-corrected chi connectivity index (χ1v) is 6.28. The Hall–Kier alpha value is -2.23. The Morgan fingerprint density at radius 2 is 1.89 bits per heavy atom. The van der Waals surface area contributed by atoms with Crippen LogP contribution in [0.25, 0.3) is 5.65 Å². The predicted octanol–water partition coefficient (Wildman–Crippen LogP) is 2.96. The molecule has 0 bridgehead atoms. The monoisotopic (exact) mass is 255 g/mol. The highest BCUT2D eigenvalue weighted by atomic mass is 19.1. The van der Waals surface area contributed by atoms with Gasteiger partial charge in [0, 0.05) is 12.6 Å². The molecule has 1 aromatic carbocycles. The van der Waals surface area contributed by atoms with Crippen molar-refractivity contribution in [1.29, 1.82) is 0 Å². The summed E-state index contributed by atoms with van der Waals surface area (Å²) < 4.78 is 14.6. The zero-order chi connectivity index (χ0) is 13.2. The van der Waals surface area contributed by atoms with Crippen LogP contribution in [0.4, 0.5) is 4.39 Å². The van der Waals surface area contributed by atoms with E-state index >= 15 is 0 Å². The van der Waals surface area contributed by atoms with Gasteiger partial charge in [-0.25, -0.2) is 13.9 Å². The van der Waals surface area contributed by atoms with Crippen LogP contribution in [0.1, 0.15) is 17.0 Å². The van der Waals surface area contributed by atoms with Crippen LogP contribution in [-0.2, 0) is 12.8 Å². The van der Waals surface area contributed by atoms with E-state index in [4.69, 9.17) is 0 Å². The van der Waals surface area contributed by atoms with Crippen molar-refractivity contribution in [1.82, 2.24) is 14.6 Å². The van der Waals surface area contributed by atoms with Crippen LogP contribution in [0.5, 0.6) is 0 Å². The van der Waals surface area contributed by atoms with Crippen LogP contribution in [0, 0.1) is 12.7 Å². The van der Waals surface area contributed by atoms with Crippen LogP contribution in [0.2, 0.25) is 0 Å². The molecular formula is C15H14FN3. The molecule has 3 aromatic rings. The van der Waals surface area contributed by atoms with Crippen LogP contribution < -0.4 is 0 Å². The number of fused-ring (bicyclic) bond motifs is 1. The third-order valence-electron chi connectivity index (χ3n) is 3.15. The van der Waals surface area contributed by atoms with Gasteiger partial charge in [0.1, 0.15) is 5.82 Å². The fourth-order valence-electron chi connectivity index (χ4n) is 2.10. The smallest absolute Gasteiger partial charge is 0.158 e. The third kappa shape index (κ3) is 2.47. The largest absolute Gasteiger partial charge is 0.221 e. The highest BCUT2D eigenvalue weighted by Crippen LogP contribution is 2.10. The molecule has 3 rings (SSSR count). The fraction of sp³-hybridized carbons (Fsp3) is 0.200. The average Bonchev–Trinajstić information content (AvgIpc) is 2.83. The molecular weight excluding hydrogens is 241 g/mol. The maximum absolute atomic E-state index is 12.8. The summed E-state index contributed by atoms with van der Waals surface area (Å²) in [7, 11) is 0. The van der Waals surface area contributed by atoms with E-state index in [1.807, 2.05) is 25.3 Å². The molecule has 0 saturated heterocycles. The van der Waals surface area contributed by atoms with Crippen molar-refractivity contribution in [2.45, 2.75) is 19.8 Å². The lowest BCUT2D eigenvalue weighted by atomic mass is 10.1. The molecule has 2 aromatic heterocycles. The number of hydrogen-bond acceptors (Lipinski definition) is 2. The molecule has 2 heterocycles. The van der Waals surface area contributed by atoms with Gasteiger partial charge in [0.2, 0.25) is 0 Å². The second-order valence-corrected chi connectivity index (χ2v) is 4.61. The maximum Gasteiger partial charge on any atom is 0.158 e. The molecule has 0 atom stereocenters. The van der Waals surface area contributed by atoms with Crippen LogP contribution in [0.3, 0.4) is 0 Å². The first-order chi connectivity index (χ1) is 9.22. The fourth-order valence-corrected chi connectivity index (χ4v) is 2.10. The number of rotatable bonds is 3. The minimum atomic E-state index is -0.203. The zero-order valence-electron chi connectivity index (χ0n) is 10.7. The van der Waals surface area contributed by atoms with Gasteiger partial charge in [-0.2, -0.15) is 5.10 Å². The standard InChI is InChI=1S/C15H14FN3/c1-11-3-2-10-19-15(11)17-14(18-19)9-6-12-4-7-13(16)8-5-12/h2-5,7-8,10H,6,9H2,1H3. The van der Waals surface area contributed by atoms with Crippen molar-refractivity contribution in [3.05, 3.63) is 65.4 Å². The Morgan fingerprint density at radius 3 is 2.63 bits per heavy atom. The van der Waals surface area contributed by atoms with E-state index in [9.17, 15) is 4.39 Å². The second kappa shape index (κ2) is 4.80. The molecule has 19 heavy (non-hydrogen) atoms. The Bertz CT molecular complexity index is 701. The van der Waals surface area contributed by atoms with E-state index in [0.717, 1.165) is 35.4 Å². The van der Waals surface area contributed by atoms with Crippen LogP contribution in [-0.4, -0.2) is 14.6 Å². The molecule has 0 fully saturated rings. The number of benzene rings is 1. The SMILES string of the molecule is Cc1cccn2nc(CCc3ccc(F)cc3)nc12. The van der Waals surface area contributed by atoms with E-state index < -0.39 is 0 Å². The Balaban J connectivity index is 1.78. The minimum Gasteiger partial charge on any atom is -0.221 e. The zero-order valence-corrected chi connectivity index (χ0v) is 10.7. The van der Waals surface area contributed by atoms with Crippen molar-refractivity contribution < 1.29 is 4.39 Å². The highest BCUT2D eigenvalue weighted by Gasteiger charge is 2.05. The van der Waals surface area contributed by atoms with Crippen molar-refractivity contribution in [2.24, 2.45) is 0 Å². The molecule has 0 aliphatic heterocycles. The Labute approximate surface area is 110 Å². The van der Waals surface area contributed by atoms with Crippen molar-refractivity contribution in [3.63, 3.8) is 0 Å². The normalized spacial score (nSPS) is 11.1. The summed E-state index contributed by atoms with van der Waals surface area (Å²) in [4.78, 5) is 4.52. The number of pyridine rings is 1. The summed E-state index contributed by atoms with van der Waals surface area (Å²) in [6.45, 7) is 2.02. The van der Waals surface area contributed by atoms with E-state index in [2.05, 4.69) is 10.1 Å². The first-order valence-electron chi connectivity index (χ1n) is 6.28. The molecule has 0 unspecified atom stereocenters. The van der Waals surface area contributed by atoms with Crippen molar-refractivity contribution in [2.75, 3.05) is 0 Å². The van der Waals surface area contributed by atoms with Gasteiger partial charge in [0.25, 0.3) is 0 Å². The lowest BCUT2D eigenvalue weighted by Crippen LogP contribution is -1.94. The Kier molecular flexibility index (Phi) is 2.99. The predicted molar refractivity (Wildman–Crippen MR) is 71.5 cm³/mol. The molecule has 3 nitrogen and oxygen atoms in total. The van der Waals surface area contributed by atoms with E-state index in [-0.39, 0.29) is 5.82 Å². The quantitative estimate of drug-likeness (QED) is 0.720. The number of hydrogen-bond donors (Lipinski definition) is 0. The van der Waals surface area contributed by atoms with Gasteiger partial charge >= 0.3 is 0 Å². The molecule has 0 N–H and O–H groups in total. The molecule has 4 heteroatoms. The lowest BCUT2D eigenvalue weighted by molar-refractivity contribution is 0.627. The van der Waals surface area contributed by atoms with Gasteiger partial charge in [-0.15, -0.1) is 0 Å². The number of halogens is 1. The highest BCUT2D eigenvalue weighted by molar-refractivity contribution is 5.45. The van der Waals surface area contributed by atoms with Gasteiger partial charge in [0.05, 0.1) is 0 Å². The first kappa shape index (κ1) is 11.8. The van der Waals surface area contributed by atoms with Crippen LogP contribution in [0.15, 0.2) is 42.6 Å². The van der Waals surface area contributed by atoms with Crippen molar-refractivity contribution in [3.8, 4) is 0 Å². The lowest BCUT2D eigenvalue weighted by Gasteiger charge is -1.97. The summed E-state index contributed by atoms with van der Waals surface area (Å²) in [5.74, 6) is 0.615. The average molecular weight is 255 g/mol.